The third kappa shape index (κ3) is 3.12. The number of rotatable bonds is 4. The van der Waals surface area contributed by atoms with Gasteiger partial charge in [0.15, 0.2) is 10.7 Å². The summed E-state index contributed by atoms with van der Waals surface area (Å²) in [7, 11) is -2.19. The summed E-state index contributed by atoms with van der Waals surface area (Å²) in [6.07, 6.45) is 0. The molecule has 1 aliphatic heterocycles. The zero-order valence-corrected chi connectivity index (χ0v) is 18.9. The number of oxazole rings is 1. The summed E-state index contributed by atoms with van der Waals surface area (Å²) < 4.78 is 33.0. The summed E-state index contributed by atoms with van der Waals surface area (Å²) in [6, 6.07) is 9.78. The van der Waals surface area contributed by atoms with Crippen molar-refractivity contribution in [1.29, 1.82) is 0 Å². The van der Waals surface area contributed by atoms with E-state index in [1.807, 2.05) is 32.0 Å². The van der Waals surface area contributed by atoms with Crippen molar-refractivity contribution in [3.63, 3.8) is 0 Å². The number of nitrogens with one attached hydrogen (secondary N) is 2. The third-order valence-electron chi connectivity index (χ3n) is 5.59. The molecular formula is C21H18N4O5S2. The van der Waals surface area contributed by atoms with Crippen molar-refractivity contribution in [2.45, 2.75) is 24.2 Å². The molecular weight excluding hydrogens is 452 g/mol. The fraction of sp³-hybridized carbons (Fsp3) is 0.190. The van der Waals surface area contributed by atoms with E-state index in [-0.39, 0.29) is 21.5 Å². The monoisotopic (exact) mass is 470 g/mol. The van der Waals surface area contributed by atoms with Crippen LogP contribution in [-0.4, -0.2) is 31.3 Å². The number of anilines is 2. The lowest BCUT2D eigenvalue weighted by Crippen LogP contribution is -2.33. The van der Waals surface area contributed by atoms with E-state index in [2.05, 4.69) is 14.7 Å². The van der Waals surface area contributed by atoms with Crippen molar-refractivity contribution in [3.8, 4) is 11.3 Å². The number of aromatic nitrogens is 2. The van der Waals surface area contributed by atoms with E-state index in [9.17, 15) is 18.0 Å². The van der Waals surface area contributed by atoms with Gasteiger partial charge in [0.1, 0.15) is 0 Å². The number of likely N-dealkylation sites (N-methyl/N-ethyl adjacent to an activating group) is 1. The summed E-state index contributed by atoms with van der Waals surface area (Å²) in [4.78, 5) is 32.3. The van der Waals surface area contributed by atoms with E-state index < -0.39 is 21.2 Å². The van der Waals surface area contributed by atoms with E-state index in [4.69, 9.17) is 4.42 Å². The maximum Gasteiger partial charge on any atom is 0.417 e. The number of nitrogens with zero attached hydrogens (tertiary/aromatic N) is 2. The Bertz CT molecular complexity index is 1560. The standard InChI is InChI=1S/C21H18N4O5S2/c1-21(2)13-8-11(4-7-16(13)25(3)18(21)26)15-10-31-19(22-15)24-32(28,29)12-5-6-14-17(9-12)30-20(27)23-14/h4-10H,1-3H3,(H,22,24)(H,23,27). The van der Waals surface area contributed by atoms with Gasteiger partial charge in [0.2, 0.25) is 5.91 Å². The van der Waals surface area contributed by atoms with Crippen molar-refractivity contribution in [2.24, 2.45) is 0 Å². The average Bonchev–Trinajstić information content (AvgIpc) is 3.40. The molecule has 3 heterocycles. The summed E-state index contributed by atoms with van der Waals surface area (Å²) >= 11 is 1.15. The minimum absolute atomic E-state index is 0.0200. The lowest BCUT2D eigenvalue weighted by Gasteiger charge is -2.16. The van der Waals surface area contributed by atoms with Crippen LogP contribution in [0.25, 0.3) is 22.4 Å². The lowest BCUT2D eigenvalue weighted by atomic mass is 9.85. The molecule has 1 amide bonds. The highest BCUT2D eigenvalue weighted by atomic mass is 32.2. The van der Waals surface area contributed by atoms with Crippen LogP contribution in [0.3, 0.4) is 0 Å². The van der Waals surface area contributed by atoms with Gasteiger partial charge in [-0.15, -0.1) is 11.3 Å². The average molecular weight is 471 g/mol. The van der Waals surface area contributed by atoms with Crippen molar-refractivity contribution in [2.75, 3.05) is 16.7 Å². The van der Waals surface area contributed by atoms with Gasteiger partial charge in [-0.2, -0.15) is 0 Å². The van der Waals surface area contributed by atoms with Crippen LogP contribution in [-0.2, 0) is 20.2 Å². The van der Waals surface area contributed by atoms with Crippen molar-refractivity contribution >= 4 is 49.2 Å². The van der Waals surface area contributed by atoms with Gasteiger partial charge in [0, 0.05) is 29.7 Å². The number of hydrogen-bond donors (Lipinski definition) is 2. The summed E-state index contributed by atoms with van der Waals surface area (Å²) in [5.41, 5.74) is 3.06. The van der Waals surface area contributed by atoms with Crippen LogP contribution in [0, 0.1) is 0 Å². The molecule has 4 aromatic rings. The van der Waals surface area contributed by atoms with Gasteiger partial charge in [-0.1, -0.05) is 6.07 Å². The molecule has 11 heteroatoms. The van der Waals surface area contributed by atoms with E-state index in [1.165, 1.54) is 18.2 Å². The molecule has 0 atom stereocenters. The zero-order valence-electron chi connectivity index (χ0n) is 17.3. The maximum atomic E-state index is 12.8. The number of benzene rings is 2. The molecule has 0 spiro atoms. The number of carbonyl (C=O) groups is 1. The second kappa shape index (κ2) is 6.78. The van der Waals surface area contributed by atoms with Crippen LogP contribution in [0.2, 0.25) is 0 Å². The van der Waals surface area contributed by atoms with Gasteiger partial charge in [0.05, 0.1) is 21.5 Å². The summed E-state index contributed by atoms with van der Waals surface area (Å²) in [6.45, 7) is 3.76. The van der Waals surface area contributed by atoms with Gasteiger partial charge in [-0.05, 0) is 43.7 Å². The number of thiazole rings is 1. The number of hydrogen-bond acceptors (Lipinski definition) is 7. The van der Waals surface area contributed by atoms with Crippen LogP contribution in [0.4, 0.5) is 10.8 Å². The van der Waals surface area contributed by atoms with Crippen LogP contribution < -0.4 is 15.4 Å². The smallest absolute Gasteiger partial charge is 0.408 e. The Balaban J connectivity index is 1.45. The van der Waals surface area contributed by atoms with Gasteiger partial charge >= 0.3 is 5.76 Å². The molecule has 0 radical (unpaired) electrons. The van der Waals surface area contributed by atoms with Crippen LogP contribution >= 0.6 is 11.3 Å². The number of amides is 1. The molecule has 0 aliphatic carbocycles. The zero-order chi connectivity index (χ0) is 22.8. The Labute approximate surface area is 186 Å². The highest BCUT2D eigenvalue weighted by Gasteiger charge is 2.42. The van der Waals surface area contributed by atoms with E-state index in [1.54, 1.807) is 17.3 Å². The molecule has 2 aromatic carbocycles. The predicted molar refractivity (Wildman–Crippen MR) is 122 cm³/mol. The van der Waals surface area contributed by atoms with Crippen molar-refractivity contribution in [1.82, 2.24) is 9.97 Å². The number of fused-ring (bicyclic) bond motifs is 2. The van der Waals surface area contributed by atoms with E-state index in [0.29, 0.717) is 11.2 Å². The Kier molecular flexibility index (Phi) is 4.33. The molecule has 0 fully saturated rings. The minimum atomic E-state index is -3.94. The molecule has 0 saturated carbocycles. The maximum absolute atomic E-state index is 12.8. The predicted octanol–water partition coefficient (Wildman–Crippen LogP) is 3.30. The number of aromatic amines is 1. The van der Waals surface area contributed by atoms with Crippen LogP contribution in [0.15, 0.2) is 55.9 Å². The normalized spacial score (nSPS) is 15.3. The topological polar surface area (TPSA) is 125 Å². The van der Waals surface area contributed by atoms with Gasteiger partial charge in [0.25, 0.3) is 10.0 Å². The first-order valence-corrected chi connectivity index (χ1v) is 12.0. The highest BCUT2D eigenvalue weighted by molar-refractivity contribution is 7.93. The molecule has 2 N–H and O–H groups in total. The molecule has 9 nitrogen and oxygen atoms in total. The number of H-pyrrole nitrogens is 1. The molecule has 0 unspecified atom stereocenters. The first-order chi connectivity index (χ1) is 15.1. The molecule has 2 aromatic heterocycles. The molecule has 1 aliphatic rings. The Hall–Kier alpha value is -3.44. The number of sulfonamides is 1. The largest absolute Gasteiger partial charge is 0.417 e. The Morgan fingerprint density at radius 3 is 2.72 bits per heavy atom. The third-order valence-corrected chi connectivity index (χ3v) is 7.82. The van der Waals surface area contributed by atoms with Gasteiger partial charge < -0.3 is 9.32 Å². The molecule has 32 heavy (non-hydrogen) atoms. The van der Waals surface area contributed by atoms with E-state index >= 15 is 0 Å². The van der Waals surface area contributed by atoms with Gasteiger partial charge in [-0.3, -0.25) is 14.5 Å². The number of carbonyl (C=O) groups excluding carboxylic acids is 1. The van der Waals surface area contributed by atoms with E-state index in [0.717, 1.165) is 28.2 Å². The SMILES string of the molecule is CN1C(=O)C(C)(C)c2cc(-c3csc(NS(=O)(=O)c4ccc5[nH]c(=O)oc5c4)n3)ccc21. The molecule has 5 rings (SSSR count). The van der Waals surface area contributed by atoms with Crippen LogP contribution in [0.5, 0.6) is 0 Å². The van der Waals surface area contributed by atoms with Crippen molar-refractivity contribution < 1.29 is 17.6 Å². The Morgan fingerprint density at radius 1 is 1.16 bits per heavy atom. The summed E-state index contributed by atoms with van der Waals surface area (Å²) in [5.74, 6) is -0.635. The minimum Gasteiger partial charge on any atom is -0.408 e. The van der Waals surface area contributed by atoms with Crippen LogP contribution in [0.1, 0.15) is 19.4 Å². The fourth-order valence-corrected chi connectivity index (χ4v) is 5.84. The van der Waals surface area contributed by atoms with Gasteiger partial charge in [-0.25, -0.2) is 18.2 Å². The quantitative estimate of drug-likeness (QED) is 0.471. The summed E-state index contributed by atoms with van der Waals surface area (Å²) in [5, 5.41) is 1.95. The molecule has 0 bridgehead atoms. The highest BCUT2D eigenvalue weighted by Crippen LogP contribution is 2.42. The first-order valence-electron chi connectivity index (χ1n) is 9.60. The molecule has 164 valence electrons. The fourth-order valence-electron chi connectivity index (χ4n) is 3.85. The Morgan fingerprint density at radius 2 is 1.94 bits per heavy atom. The molecule has 0 saturated heterocycles. The second-order valence-corrected chi connectivity index (χ2v) is 10.6. The lowest BCUT2D eigenvalue weighted by molar-refractivity contribution is -0.121. The second-order valence-electron chi connectivity index (χ2n) is 8.04. The first kappa shape index (κ1) is 20.5. The van der Waals surface area contributed by atoms with Crippen molar-refractivity contribution in [3.05, 3.63) is 57.9 Å².